The van der Waals surface area contributed by atoms with Gasteiger partial charge in [-0.2, -0.15) is 0 Å². The minimum atomic E-state index is -0.536. The summed E-state index contributed by atoms with van der Waals surface area (Å²) < 4.78 is 5.05. The highest BCUT2D eigenvalue weighted by Gasteiger charge is 2.12. The van der Waals surface area contributed by atoms with E-state index in [1.54, 1.807) is 17.4 Å². The third-order valence-electron chi connectivity index (χ3n) is 2.38. The SMILES string of the molecule is CC(NCc1ccc([N+](=O)[O-])o1)c1cccs1. The Hall–Kier alpha value is -1.66. The lowest BCUT2D eigenvalue weighted by molar-refractivity contribution is -0.402. The van der Waals surface area contributed by atoms with Gasteiger partial charge < -0.3 is 9.73 Å². The molecule has 0 aliphatic heterocycles. The highest BCUT2D eigenvalue weighted by molar-refractivity contribution is 7.10. The van der Waals surface area contributed by atoms with Crippen LogP contribution in [0.4, 0.5) is 5.88 Å². The standard InChI is InChI=1S/C11H12N2O3S/c1-8(10-3-2-6-17-10)12-7-9-4-5-11(16-9)13(14)15/h2-6,8,12H,7H2,1H3. The molecule has 0 saturated carbocycles. The second kappa shape index (κ2) is 5.11. The monoisotopic (exact) mass is 252 g/mol. The average Bonchev–Trinajstić information content (AvgIpc) is 2.97. The van der Waals surface area contributed by atoms with Gasteiger partial charge in [-0.25, -0.2) is 0 Å². The Balaban J connectivity index is 1.91. The molecule has 2 aromatic rings. The summed E-state index contributed by atoms with van der Waals surface area (Å²) in [7, 11) is 0. The topological polar surface area (TPSA) is 68.3 Å². The molecule has 0 spiro atoms. The summed E-state index contributed by atoms with van der Waals surface area (Å²) in [5.41, 5.74) is 0. The van der Waals surface area contributed by atoms with E-state index in [4.69, 9.17) is 4.42 Å². The first-order chi connectivity index (χ1) is 8.16. The maximum Gasteiger partial charge on any atom is 0.433 e. The quantitative estimate of drug-likeness (QED) is 0.655. The van der Waals surface area contributed by atoms with Crippen molar-refractivity contribution < 1.29 is 9.34 Å². The Morgan fingerprint density at radius 1 is 1.53 bits per heavy atom. The van der Waals surface area contributed by atoms with Crippen LogP contribution < -0.4 is 5.32 Å². The van der Waals surface area contributed by atoms with Crippen LogP contribution in [0.15, 0.2) is 34.1 Å². The van der Waals surface area contributed by atoms with E-state index in [9.17, 15) is 10.1 Å². The van der Waals surface area contributed by atoms with Crippen LogP contribution >= 0.6 is 11.3 Å². The fourth-order valence-electron chi connectivity index (χ4n) is 1.45. The van der Waals surface area contributed by atoms with Crippen LogP contribution in [0.5, 0.6) is 0 Å². The molecule has 0 aliphatic rings. The Labute approximate surface area is 102 Å². The van der Waals surface area contributed by atoms with Gasteiger partial charge in [0, 0.05) is 10.9 Å². The molecular formula is C11H12N2O3S. The lowest BCUT2D eigenvalue weighted by atomic mass is 10.2. The summed E-state index contributed by atoms with van der Waals surface area (Å²) in [5.74, 6) is 0.352. The van der Waals surface area contributed by atoms with Crippen molar-refractivity contribution >= 4 is 17.2 Å². The third kappa shape index (κ3) is 2.92. The smallest absolute Gasteiger partial charge is 0.404 e. The van der Waals surface area contributed by atoms with Gasteiger partial charge in [-0.05, 0) is 24.4 Å². The van der Waals surface area contributed by atoms with Crippen molar-refractivity contribution in [2.45, 2.75) is 19.5 Å². The van der Waals surface area contributed by atoms with Gasteiger partial charge in [-0.15, -0.1) is 11.3 Å². The van der Waals surface area contributed by atoms with Crippen LogP contribution in [0.2, 0.25) is 0 Å². The molecule has 2 heterocycles. The van der Waals surface area contributed by atoms with Crippen molar-refractivity contribution in [2.75, 3.05) is 0 Å². The summed E-state index contributed by atoms with van der Waals surface area (Å²) in [6.07, 6.45) is 0. The van der Waals surface area contributed by atoms with Crippen LogP contribution in [0, 0.1) is 10.1 Å². The molecule has 5 nitrogen and oxygen atoms in total. The number of thiophene rings is 1. The predicted octanol–water partition coefficient (Wildman–Crippen LogP) is 3.10. The molecule has 0 aromatic carbocycles. The molecule has 0 aliphatic carbocycles. The molecule has 17 heavy (non-hydrogen) atoms. The van der Waals surface area contributed by atoms with Crippen molar-refractivity contribution in [1.29, 1.82) is 0 Å². The fourth-order valence-corrected chi connectivity index (χ4v) is 2.21. The normalized spacial score (nSPS) is 12.5. The molecule has 90 valence electrons. The van der Waals surface area contributed by atoms with E-state index in [0.29, 0.717) is 12.3 Å². The third-order valence-corrected chi connectivity index (χ3v) is 3.43. The minimum absolute atomic E-state index is 0.208. The van der Waals surface area contributed by atoms with E-state index in [0.717, 1.165) is 0 Å². The Bertz CT molecular complexity index is 493. The van der Waals surface area contributed by atoms with Gasteiger partial charge in [0.15, 0.2) is 0 Å². The molecular weight excluding hydrogens is 240 g/mol. The fraction of sp³-hybridized carbons (Fsp3) is 0.273. The zero-order chi connectivity index (χ0) is 12.3. The van der Waals surface area contributed by atoms with E-state index >= 15 is 0 Å². The van der Waals surface area contributed by atoms with E-state index in [-0.39, 0.29) is 11.9 Å². The van der Waals surface area contributed by atoms with Crippen LogP contribution in [-0.4, -0.2) is 4.92 Å². The van der Waals surface area contributed by atoms with Crippen LogP contribution in [0.1, 0.15) is 23.6 Å². The number of rotatable bonds is 5. The van der Waals surface area contributed by atoms with Crippen LogP contribution in [-0.2, 0) is 6.54 Å². The highest BCUT2D eigenvalue weighted by Crippen LogP contribution is 2.20. The molecule has 1 atom stereocenters. The van der Waals surface area contributed by atoms with Crippen LogP contribution in [0.25, 0.3) is 0 Å². The number of nitrogens with one attached hydrogen (secondary N) is 1. The van der Waals surface area contributed by atoms with Gasteiger partial charge >= 0.3 is 5.88 Å². The Morgan fingerprint density at radius 2 is 2.35 bits per heavy atom. The Morgan fingerprint density at radius 3 is 2.94 bits per heavy atom. The number of nitrogens with zero attached hydrogens (tertiary/aromatic N) is 1. The summed E-state index contributed by atoms with van der Waals surface area (Å²) in [6, 6.07) is 7.24. The van der Waals surface area contributed by atoms with Gasteiger partial charge in [-0.3, -0.25) is 10.1 Å². The van der Waals surface area contributed by atoms with Crippen molar-refractivity contribution in [1.82, 2.24) is 5.32 Å². The second-order valence-corrected chi connectivity index (χ2v) is 4.59. The summed E-state index contributed by atoms with van der Waals surface area (Å²) in [5, 5.41) is 15.7. The molecule has 0 saturated heterocycles. The van der Waals surface area contributed by atoms with Gasteiger partial charge in [0.2, 0.25) is 0 Å². The summed E-state index contributed by atoms with van der Waals surface area (Å²) >= 11 is 1.67. The lowest BCUT2D eigenvalue weighted by Crippen LogP contribution is -2.16. The maximum absolute atomic E-state index is 10.4. The first-order valence-electron chi connectivity index (χ1n) is 5.16. The number of nitro groups is 1. The largest absolute Gasteiger partial charge is 0.433 e. The molecule has 2 rings (SSSR count). The van der Waals surface area contributed by atoms with Gasteiger partial charge in [-0.1, -0.05) is 6.07 Å². The second-order valence-electron chi connectivity index (χ2n) is 3.62. The first-order valence-corrected chi connectivity index (χ1v) is 6.04. The maximum atomic E-state index is 10.4. The molecule has 0 bridgehead atoms. The Kier molecular flexibility index (Phi) is 3.55. The molecule has 6 heteroatoms. The number of hydrogen-bond donors (Lipinski definition) is 1. The van der Waals surface area contributed by atoms with Crippen molar-refractivity contribution in [2.24, 2.45) is 0 Å². The number of furan rings is 1. The molecule has 0 fully saturated rings. The van der Waals surface area contributed by atoms with Crippen LogP contribution in [0.3, 0.4) is 0 Å². The molecule has 1 N–H and O–H groups in total. The minimum Gasteiger partial charge on any atom is -0.404 e. The average molecular weight is 252 g/mol. The van der Waals surface area contributed by atoms with E-state index in [1.165, 1.54) is 10.9 Å². The number of hydrogen-bond acceptors (Lipinski definition) is 5. The molecule has 2 aromatic heterocycles. The van der Waals surface area contributed by atoms with Crippen molar-refractivity contribution in [3.8, 4) is 0 Å². The molecule has 1 unspecified atom stereocenters. The zero-order valence-corrected chi connectivity index (χ0v) is 10.1. The summed E-state index contributed by atoms with van der Waals surface area (Å²) in [6.45, 7) is 2.52. The van der Waals surface area contributed by atoms with E-state index < -0.39 is 4.92 Å². The molecule has 0 amide bonds. The lowest BCUT2D eigenvalue weighted by Gasteiger charge is -2.09. The van der Waals surface area contributed by atoms with Gasteiger partial charge in [0.05, 0.1) is 12.6 Å². The van der Waals surface area contributed by atoms with Gasteiger partial charge in [0.25, 0.3) is 0 Å². The zero-order valence-electron chi connectivity index (χ0n) is 9.25. The van der Waals surface area contributed by atoms with Crippen molar-refractivity contribution in [3.05, 3.63) is 50.4 Å². The predicted molar refractivity (Wildman–Crippen MR) is 64.9 cm³/mol. The highest BCUT2D eigenvalue weighted by atomic mass is 32.1. The van der Waals surface area contributed by atoms with Gasteiger partial charge in [0.1, 0.15) is 10.7 Å². The van der Waals surface area contributed by atoms with E-state index in [2.05, 4.69) is 5.32 Å². The molecule has 0 radical (unpaired) electrons. The first kappa shape index (κ1) is 11.8. The van der Waals surface area contributed by atoms with Crippen molar-refractivity contribution in [3.63, 3.8) is 0 Å². The summed E-state index contributed by atoms with van der Waals surface area (Å²) in [4.78, 5) is 11.1. The van der Waals surface area contributed by atoms with E-state index in [1.807, 2.05) is 24.4 Å².